The van der Waals surface area contributed by atoms with Crippen LogP contribution in [0.2, 0.25) is 0 Å². The molecule has 5 heteroatoms. The number of anilines is 1. The molecule has 1 heterocycles. The van der Waals surface area contributed by atoms with Gasteiger partial charge in [0.1, 0.15) is 0 Å². The van der Waals surface area contributed by atoms with E-state index in [9.17, 15) is 4.79 Å². The first-order valence-corrected chi connectivity index (χ1v) is 8.64. The van der Waals surface area contributed by atoms with Gasteiger partial charge in [0.05, 0.1) is 20.6 Å². The molecule has 1 aliphatic heterocycles. The van der Waals surface area contributed by atoms with Crippen LogP contribution in [0.4, 0.5) is 5.69 Å². The molecule has 4 nitrogen and oxygen atoms in total. The summed E-state index contributed by atoms with van der Waals surface area (Å²) in [6.07, 6.45) is 1.21. The molecule has 0 saturated carbocycles. The Morgan fingerprint density at radius 1 is 1.17 bits per heavy atom. The standard InChI is InChI=1S/C19H20BrNO3/c1-12-8-14-11-15(20)5-6-16(14)21(12)19(22)10-13-4-7-17(23-2)18(9-13)24-3/h4-7,9,11-12H,8,10H2,1-3H3/t12-/m0/s1. The Morgan fingerprint density at radius 3 is 2.62 bits per heavy atom. The van der Waals surface area contributed by atoms with Gasteiger partial charge < -0.3 is 14.4 Å². The van der Waals surface area contributed by atoms with E-state index in [1.165, 1.54) is 5.56 Å². The van der Waals surface area contributed by atoms with Crippen LogP contribution in [0, 0.1) is 0 Å². The molecule has 1 atom stereocenters. The fraction of sp³-hybridized carbons (Fsp3) is 0.316. The van der Waals surface area contributed by atoms with Gasteiger partial charge in [0.15, 0.2) is 11.5 Å². The molecule has 3 rings (SSSR count). The second-order valence-corrected chi connectivity index (χ2v) is 6.87. The van der Waals surface area contributed by atoms with Crippen LogP contribution in [0.1, 0.15) is 18.1 Å². The van der Waals surface area contributed by atoms with Crippen molar-refractivity contribution in [2.45, 2.75) is 25.8 Å². The lowest BCUT2D eigenvalue weighted by Gasteiger charge is -2.23. The van der Waals surface area contributed by atoms with Crippen molar-refractivity contribution in [1.29, 1.82) is 0 Å². The predicted molar refractivity (Wildman–Crippen MR) is 98.0 cm³/mol. The Labute approximate surface area is 150 Å². The van der Waals surface area contributed by atoms with Crippen molar-refractivity contribution in [3.8, 4) is 11.5 Å². The second kappa shape index (κ2) is 6.85. The summed E-state index contributed by atoms with van der Waals surface area (Å²) < 4.78 is 11.6. The highest BCUT2D eigenvalue weighted by Gasteiger charge is 2.30. The molecule has 2 aromatic rings. The van der Waals surface area contributed by atoms with Gasteiger partial charge in [0.2, 0.25) is 5.91 Å². The fourth-order valence-corrected chi connectivity index (χ4v) is 3.64. The van der Waals surface area contributed by atoms with Gasteiger partial charge in [-0.1, -0.05) is 22.0 Å². The molecular weight excluding hydrogens is 370 g/mol. The Hall–Kier alpha value is -2.01. The van der Waals surface area contributed by atoms with Gasteiger partial charge in [-0.25, -0.2) is 0 Å². The number of benzene rings is 2. The van der Waals surface area contributed by atoms with E-state index in [1.54, 1.807) is 14.2 Å². The molecule has 2 aromatic carbocycles. The number of nitrogens with zero attached hydrogens (tertiary/aromatic N) is 1. The van der Waals surface area contributed by atoms with E-state index in [0.29, 0.717) is 17.9 Å². The average molecular weight is 390 g/mol. The van der Waals surface area contributed by atoms with Gasteiger partial charge in [0, 0.05) is 16.2 Å². The Kier molecular flexibility index (Phi) is 4.81. The molecular formula is C19H20BrNO3. The summed E-state index contributed by atoms with van der Waals surface area (Å²) in [4.78, 5) is 14.8. The van der Waals surface area contributed by atoms with Crippen molar-refractivity contribution >= 4 is 27.5 Å². The highest BCUT2D eigenvalue weighted by atomic mass is 79.9. The predicted octanol–water partition coefficient (Wildman–Crippen LogP) is 3.99. The molecule has 0 aliphatic carbocycles. The number of hydrogen-bond donors (Lipinski definition) is 0. The summed E-state index contributed by atoms with van der Waals surface area (Å²) >= 11 is 3.50. The number of hydrogen-bond acceptors (Lipinski definition) is 3. The van der Waals surface area contributed by atoms with Gasteiger partial charge in [0.25, 0.3) is 0 Å². The lowest BCUT2D eigenvalue weighted by atomic mass is 10.1. The Bertz CT molecular complexity index is 775. The molecule has 0 aromatic heterocycles. The lowest BCUT2D eigenvalue weighted by molar-refractivity contribution is -0.118. The highest BCUT2D eigenvalue weighted by molar-refractivity contribution is 9.10. The number of halogens is 1. The van der Waals surface area contributed by atoms with E-state index in [4.69, 9.17) is 9.47 Å². The summed E-state index contributed by atoms with van der Waals surface area (Å²) in [7, 11) is 3.20. The zero-order valence-electron chi connectivity index (χ0n) is 14.0. The lowest BCUT2D eigenvalue weighted by Crippen LogP contribution is -2.36. The number of fused-ring (bicyclic) bond motifs is 1. The zero-order valence-corrected chi connectivity index (χ0v) is 15.6. The van der Waals surface area contributed by atoms with E-state index in [2.05, 4.69) is 28.9 Å². The van der Waals surface area contributed by atoms with Crippen molar-refractivity contribution in [1.82, 2.24) is 0 Å². The molecule has 0 radical (unpaired) electrons. The fourth-order valence-electron chi connectivity index (χ4n) is 3.23. The third-order valence-electron chi connectivity index (χ3n) is 4.33. The van der Waals surface area contributed by atoms with Crippen molar-refractivity contribution in [2.75, 3.05) is 19.1 Å². The normalized spacial score (nSPS) is 16.0. The summed E-state index contributed by atoms with van der Waals surface area (Å²) in [6, 6.07) is 11.8. The maximum absolute atomic E-state index is 12.9. The summed E-state index contributed by atoms with van der Waals surface area (Å²) in [5, 5.41) is 0. The number of methoxy groups -OCH3 is 2. The number of ether oxygens (including phenoxy) is 2. The molecule has 0 fully saturated rings. The van der Waals surface area contributed by atoms with Gasteiger partial charge in [-0.3, -0.25) is 4.79 Å². The van der Waals surface area contributed by atoms with Gasteiger partial charge in [-0.05, 0) is 54.8 Å². The first-order valence-electron chi connectivity index (χ1n) is 7.85. The van der Waals surface area contributed by atoms with Crippen molar-refractivity contribution in [3.05, 3.63) is 52.0 Å². The zero-order chi connectivity index (χ0) is 17.3. The molecule has 0 bridgehead atoms. The minimum Gasteiger partial charge on any atom is -0.493 e. The molecule has 24 heavy (non-hydrogen) atoms. The third-order valence-corrected chi connectivity index (χ3v) is 4.82. The SMILES string of the molecule is COc1ccc(CC(=O)N2c3ccc(Br)cc3C[C@@H]2C)cc1OC. The van der Waals surface area contributed by atoms with E-state index >= 15 is 0 Å². The van der Waals surface area contributed by atoms with Crippen LogP contribution in [-0.4, -0.2) is 26.2 Å². The van der Waals surface area contributed by atoms with Crippen LogP contribution >= 0.6 is 15.9 Å². The van der Waals surface area contributed by atoms with E-state index in [0.717, 1.165) is 22.1 Å². The average Bonchev–Trinajstić information content (AvgIpc) is 2.89. The second-order valence-electron chi connectivity index (χ2n) is 5.96. The summed E-state index contributed by atoms with van der Waals surface area (Å²) in [6.45, 7) is 2.08. The Balaban J connectivity index is 1.83. The molecule has 0 N–H and O–H groups in total. The minimum atomic E-state index is 0.0933. The Morgan fingerprint density at radius 2 is 1.92 bits per heavy atom. The summed E-state index contributed by atoms with van der Waals surface area (Å²) in [5.41, 5.74) is 3.13. The first-order chi connectivity index (χ1) is 11.5. The maximum atomic E-state index is 12.9. The van der Waals surface area contributed by atoms with Crippen LogP contribution in [0.5, 0.6) is 11.5 Å². The molecule has 126 valence electrons. The topological polar surface area (TPSA) is 38.8 Å². The first kappa shape index (κ1) is 16.8. The number of rotatable bonds is 4. The number of carbonyl (C=O) groups excluding carboxylic acids is 1. The number of amides is 1. The van der Waals surface area contributed by atoms with Crippen molar-refractivity contribution in [3.63, 3.8) is 0 Å². The maximum Gasteiger partial charge on any atom is 0.231 e. The van der Waals surface area contributed by atoms with Crippen LogP contribution < -0.4 is 14.4 Å². The quantitative estimate of drug-likeness (QED) is 0.793. The van der Waals surface area contributed by atoms with Crippen molar-refractivity contribution < 1.29 is 14.3 Å². The molecule has 1 amide bonds. The van der Waals surface area contributed by atoms with E-state index < -0.39 is 0 Å². The van der Waals surface area contributed by atoms with Gasteiger partial charge in [-0.2, -0.15) is 0 Å². The smallest absolute Gasteiger partial charge is 0.231 e. The van der Waals surface area contributed by atoms with Crippen LogP contribution in [-0.2, 0) is 17.6 Å². The van der Waals surface area contributed by atoms with Crippen LogP contribution in [0.25, 0.3) is 0 Å². The minimum absolute atomic E-state index is 0.0933. The summed E-state index contributed by atoms with van der Waals surface area (Å²) in [5.74, 6) is 1.40. The largest absolute Gasteiger partial charge is 0.493 e. The number of carbonyl (C=O) groups is 1. The molecule has 1 aliphatic rings. The monoisotopic (exact) mass is 389 g/mol. The third kappa shape index (κ3) is 3.13. The van der Waals surface area contributed by atoms with Gasteiger partial charge in [-0.15, -0.1) is 0 Å². The van der Waals surface area contributed by atoms with Crippen molar-refractivity contribution in [2.24, 2.45) is 0 Å². The van der Waals surface area contributed by atoms with Gasteiger partial charge >= 0.3 is 0 Å². The molecule has 0 saturated heterocycles. The molecule has 0 spiro atoms. The van der Waals surface area contributed by atoms with Crippen LogP contribution in [0.3, 0.4) is 0 Å². The van der Waals surface area contributed by atoms with Crippen LogP contribution in [0.15, 0.2) is 40.9 Å². The van der Waals surface area contributed by atoms with E-state index in [1.807, 2.05) is 35.2 Å². The molecule has 0 unspecified atom stereocenters. The van der Waals surface area contributed by atoms with E-state index in [-0.39, 0.29) is 11.9 Å². The highest BCUT2D eigenvalue weighted by Crippen LogP contribution is 2.35.